The van der Waals surface area contributed by atoms with Crippen molar-refractivity contribution in [1.29, 1.82) is 5.26 Å². The van der Waals surface area contributed by atoms with Gasteiger partial charge in [-0.1, -0.05) is 0 Å². The molecule has 31 heavy (non-hydrogen) atoms. The first-order valence-corrected chi connectivity index (χ1v) is 9.39. The maximum Gasteiger partial charge on any atom is 1.00 e. The van der Waals surface area contributed by atoms with Crippen LogP contribution in [0, 0.1) is 40.8 Å². The fourth-order valence-corrected chi connectivity index (χ4v) is 2.73. The first-order valence-electron chi connectivity index (χ1n) is 7.13. The minimum absolute atomic E-state index is 0. The molecule has 0 saturated heterocycles. The molecule has 2 rings (SSSR count). The Morgan fingerprint density at radius 2 is 1.61 bits per heavy atom. The predicted molar refractivity (Wildman–Crippen MR) is 99.7 cm³/mol. The van der Waals surface area contributed by atoms with Crippen molar-refractivity contribution in [1.82, 2.24) is 4.37 Å². The number of benzene rings is 1. The number of anilines is 1. The summed E-state index contributed by atoms with van der Waals surface area (Å²) in [7, 11) is 0. The fraction of sp³-hybridized carbons (Fsp3) is 0.0667. The third-order valence-corrected chi connectivity index (χ3v) is 4.26. The fourth-order valence-electron chi connectivity index (χ4n) is 1.67. The molecule has 11 nitrogen and oxygen atoms in total. The number of aryl methyl sites for hydroxylation is 1. The van der Waals surface area contributed by atoms with Gasteiger partial charge in [-0.05, 0) is 42.7 Å². The molecule has 0 N–H and O–H groups in total. The number of azo groups is 1. The van der Waals surface area contributed by atoms with Crippen LogP contribution in [0.3, 0.4) is 0 Å². The Morgan fingerprint density at radius 1 is 1.03 bits per heavy atom. The Labute approximate surface area is 234 Å². The summed E-state index contributed by atoms with van der Waals surface area (Å²) in [5.41, 5.74) is 2.03. The monoisotopic (exact) mass is 495 g/mol. The molecule has 0 amide bonds. The minimum Gasteiger partial charge on any atom is -0.691 e. The van der Waals surface area contributed by atoms with E-state index in [2.05, 4.69) is 55.9 Å². The summed E-state index contributed by atoms with van der Waals surface area (Å²) in [6.45, 7) is 1.72. The van der Waals surface area contributed by atoms with Crippen LogP contribution >= 0.6 is 35.6 Å². The van der Waals surface area contributed by atoms with Crippen LogP contribution < -0.4 is 74.5 Å². The molecule has 2 aromatic rings. The molecule has 148 valence electrons. The Hall–Kier alpha value is -0.680. The molecule has 1 aromatic heterocycles. The first-order chi connectivity index (χ1) is 14.2. The van der Waals surface area contributed by atoms with Crippen molar-refractivity contribution in [3.63, 3.8) is 0 Å². The summed E-state index contributed by atoms with van der Waals surface area (Å²) in [5, 5.41) is 48.4. The summed E-state index contributed by atoms with van der Waals surface area (Å²) in [6.07, 6.45) is 0. The summed E-state index contributed by atoms with van der Waals surface area (Å²) >= 11 is 1.99. The van der Waals surface area contributed by atoms with E-state index < -0.39 is 0 Å². The Morgan fingerprint density at radius 3 is 2.13 bits per heavy atom. The zero-order chi connectivity index (χ0) is 20.9. The van der Waals surface area contributed by atoms with E-state index in [0.717, 1.165) is 11.5 Å². The van der Waals surface area contributed by atoms with Crippen molar-refractivity contribution < 1.29 is 88.4 Å². The number of nitriles is 1. The number of rotatable bonds is 7. The van der Waals surface area contributed by atoms with Crippen LogP contribution in [-0.2, 0) is 18.7 Å². The van der Waals surface area contributed by atoms with Crippen molar-refractivity contribution in [2.75, 3.05) is 4.90 Å². The smallest absolute Gasteiger partial charge is 0.691 e. The quantitative estimate of drug-likeness (QED) is 0.0543. The Bertz CT molecular complexity index is 985. The summed E-state index contributed by atoms with van der Waals surface area (Å²) < 4.78 is 12.2. The molecular weight excluding hydrogens is 488 g/mol. The molecule has 1 heterocycles. The summed E-state index contributed by atoms with van der Waals surface area (Å²) in [5.74, 6) is 0. The second kappa shape index (κ2) is 17.8. The van der Waals surface area contributed by atoms with E-state index >= 15 is 0 Å². The second-order valence-corrected chi connectivity index (χ2v) is 6.24. The van der Waals surface area contributed by atoms with E-state index in [1.807, 2.05) is 6.07 Å². The average Bonchev–Trinajstić information content (AvgIpc) is 3.11. The van der Waals surface area contributed by atoms with E-state index in [1.165, 1.54) is 4.90 Å². The number of hydrogen-bond acceptors (Lipinski definition) is 14. The molecule has 0 aliphatic heterocycles. The van der Waals surface area contributed by atoms with Gasteiger partial charge in [-0.2, -0.15) is 18.3 Å². The zero-order valence-corrected chi connectivity index (χ0v) is 22.7. The van der Waals surface area contributed by atoms with Crippen LogP contribution in [0.2, 0.25) is 0 Å². The van der Waals surface area contributed by atoms with Crippen molar-refractivity contribution in [3.8, 4) is 28.7 Å². The Balaban J connectivity index is 0.00000450. The van der Waals surface area contributed by atoms with E-state index in [9.17, 15) is 10.5 Å². The SMILES string of the molecule is Cc1nsc(N=Nc2ccc(N(C#CSOO[O-])C#CSOO[O-])cc2)c1C#N.[Na+].[Na+]. The maximum absolute atomic E-state index is 9.78. The molecule has 0 fully saturated rings. The second-order valence-electron chi connectivity index (χ2n) is 4.48. The largest absolute Gasteiger partial charge is 1.00 e. The third-order valence-electron chi connectivity index (χ3n) is 2.84. The van der Waals surface area contributed by atoms with Crippen LogP contribution in [0.1, 0.15) is 11.3 Å². The van der Waals surface area contributed by atoms with Crippen molar-refractivity contribution in [3.05, 3.63) is 35.5 Å². The van der Waals surface area contributed by atoms with Crippen molar-refractivity contribution in [2.45, 2.75) is 6.92 Å². The van der Waals surface area contributed by atoms with Gasteiger partial charge in [0.25, 0.3) is 0 Å². The predicted octanol–water partition coefficient (Wildman–Crippen LogP) is -3.87. The Kier molecular flexibility index (Phi) is 17.4. The van der Waals surface area contributed by atoms with E-state index in [1.54, 1.807) is 31.2 Å². The molecule has 16 heteroatoms. The van der Waals surface area contributed by atoms with Gasteiger partial charge in [0, 0.05) is 22.6 Å². The molecule has 0 bridgehead atoms. The van der Waals surface area contributed by atoms with Crippen LogP contribution in [0.5, 0.6) is 0 Å². The molecule has 0 atom stereocenters. The molecule has 0 radical (unpaired) electrons. The normalized spacial score (nSPS) is 9.35. The standard InChI is InChI=1S/C15H9N5O6S3.2Na/c1-11-14(10-16)15(29-19-11)18-17-12-2-4-13(5-3-12)20(6-8-27-25-23-21)7-9-28-26-24-22;;/h2-5,21-22H,1H3;;/q;2*+1/p-2. The van der Waals surface area contributed by atoms with Gasteiger partial charge in [0.2, 0.25) is 0 Å². The van der Waals surface area contributed by atoms with Gasteiger partial charge in [-0.15, -0.1) is 10.2 Å². The van der Waals surface area contributed by atoms with Crippen molar-refractivity contribution >= 4 is 52.0 Å². The van der Waals surface area contributed by atoms with Crippen LogP contribution in [0.15, 0.2) is 34.5 Å². The van der Waals surface area contributed by atoms with E-state index in [0.29, 0.717) is 51.7 Å². The molecular formula is C15H7N5Na2O6S3. The van der Waals surface area contributed by atoms with Gasteiger partial charge in [-0.3, -0.25) is 10.1 Å². The van der Waals surface area contributed by atoms with Gasteiger partial charge < -0.3 is 10.5 Å². The van der Waals surface area contributed by atoms with Gasteiger partial charge in [0.05, 0.1) is 17.1 Å². The average molecular weight is 495 g/mol. The molecule has 0 spiro atoms. The van der Waals surface area contributed by atoms with E-state index in [-0.39, 0.29) is 59.1 Å². The van der Waals surface area contributed by atoms with Gasteiger partial charge >= 0.3 is 59.1 Å². The topological polar surface area (TPSA) is 148 Å². The molecule has 0 aliphatic rings. The molecule has 0 saturated carbocycles. The van der Waals surface area contributed by atoms with Gasteiger partial charge in [0.1, 0.15) is 35.7 Å². The maximum atomic E-state index is 9.78. The summed E-state index contributed by atoms with van der Waals surface area (Å²) in [4.78, 5) is 1.27. The molecule has 0 aliphatic carbocycles. The number of nitrogens with zero attached hydrogens (tertiary/aromatic N) is 5. The summed E-state index contributed by atoms with van der Waals surface area (Å²) in [6, 6.07) is 13.8. The number of hydrogen-bond donors (Lipinski definition) is 0. The van der Waals surface area contributed by atoms with Crippen molar-refractivity contribution in [2.24, 2.45) is 10.2 Å². The van der Waals surface area contributed by atoms with Crippen LogP contribution in [-0.4, -0.2) is 4.37 Å². The van der Waals surface area contributed by atoms with E-state index in [4.69, 9.17) is 5.26 Å². The van der Waals surface area contributed by atoms with Gasteiger partial charge in [0.15, 0.2) is 5.00 Å². The van der Waals surface area contributed by atoms with Crippen LogP contribution in [0.25, 0.3) is 0 Å². The molecule has 0 unspecified atom stereocenters. The zero-order valence-electron chi connectivity index (χ0n) is 16.2. The third kappa shape index (κ3) is 10.7. The van der Waals surface area contributed by atoms with Gasteiger partial charge in [-0.25, -0.2) is 4.90 Å². The minimum atomic E-state index is 0. The molecule has 1 aromatic carbocycles. The first kappa shape index (κ1) is 30.3. The number of aromatic nitrogens is 1. The van der Waals surface area contributed by atoms with Crippen LogP contribution in [0.4, 0.5) is 16.4 Å².